The summed E-state index contributed by atoms with van der Waals surface area (Å²) in [6, 6.07) is 6.18. The normalized spacial score (nSPS) is 15.7. The first-order valence-corrected chi connectivity index (χ1v) is 8.51. The van der Waals surface area contributed by atoms with E-state index in [-0.39, 0.29) is 37.1 Å². The van der Waals surface area contributed by atoms with Crippen molar-refractivity contribution in [2.24, 2.45) is 0 Å². The molecule has 140 valence electrons. The molecule has 0 aromatic heterocycles. The van der Waals surface area contributed by atoms with Gasteiger partial charge in [0.25, 0.3) is 0 Å². The Morgan fingerprint density at radius 2 is 1.81 bits per heavy atom. The van der Waals surface area contributed by atoms with Gasteiger partial charge in [0.2, 0.25) is 17.7 Å². The zero-order valence-electron chi connectivity index (χ0n) is 14.7. The van der Waals surface area contributed by atoms with Crippen LogP contribution < -0.4 is 10.6 Å². The van der Waals surface area contributed by atoms with Crippen LogP contribution in [0, 0.1) is 0 Å². The van der Waals surface area contributed by atoms with Crippen molar-refractivity contribution in [2.45, 2.75) is 32.2 Å². The molecule has 1 aromatic rings. The van der Waals surface area contributed by atoms with Crippen LogP contribution in [0.3, 0.4) is 0 Å². The fraction of sp³-hybridized carbons (Fsp3) is 0.444. The highest BCUT2D eigenvalue weighted by Crippen LogP contribution is 2.30. The van der Waals surface area contributed by atoms with E-state index in [1.165, 1.54) is 11.8 Å². The lowest BCUT2D eigenvalue weighted by atomic mass is 9.92. The van der Waals surface area contributed by atoms with Crippen molar-refractivity contribution in [1.82, 2.24) is 15.5 Å². The monoisotopic (exact) mass is 361 g/mol. The minimum absolute atomic E-state index is 0.0244. The Balaban J connectivity index is 1.89. The molecule has 0 saturated heterocycles. The molecular formula is C18H23N3O5. The van der Waals surface area contributed by atoms with Crippen molar-refractivity contribution in [2.75, 3.05) is 19.6 Å². The molecule has 0 radical (unpaired) electrons. The van der Waals surface area contributed by atoms with Crippen LogP contribution >= 0.6 is 0 Å². The molecule has 0 bridgehead atoms. The molecule has 0 spiro atoms. The second-order valence-electron chi connectivity index (χ2n) is 6.11. The summed E-state index contributed by atoms with van der Waals surface area (Å²) in [5.41, 5.74) is 1.55. The van der Waals surface area contributed by atoms with Gasteiger partial charge < -0.3 is 20.6 Å². The van der Waals surface area contributed by atoms with Gasteiger partial charge >= 0.3 is 5.97 Å². The van der Waals surface area contributed by atoms with E-state index in [0.29, 0.717) is 25.1 Å². The number of aliphatic carboxylic acids is 1. The van der Waals surface area contributed by atoms with Crippen molar-refractivity contribution in [3.63, 3.8) is 0 Å². The number of hydrogen-bond acceptors (Lipinski definition) is 4. The van der Waals surface area contributed by atoms with Crippen molar-refractivity contribution >= 4 is 23.7 Å². The van der Waals surface area contributed by atoms with Crippen molar-refractivity contribution in [1.29, 1.82) is 0 Å². The third kappa shape index (κ3) is 5.05. The fourth-order valence-electron chi connectivity index (χ4n) is 2.99. The number of carbonyl (C=O) groups excluding carboxylic acids is 3. The van der Waals surface area contributed by atoms with Gasteiger partial charge in [-0.1, -0.05) is 24.3 Å². The average Bonchev–Trinajstić information content (AvgIpc) is 2.61. The summed E-state index contributed by atoms with van der Waals surface area (Å²) in [6.07, 6.45) is 0.510. The van der Waals surface area contributed by atoms with E-state index in [1.54, 1.807) is 12.1 Å². The lowest BCUT2D eigenvalue weighted by Gasteiger charge is -2.34. The molecule has 0 saturated carbocycles. The zero-order chi connectivity index (χ0) is 19.1. The predicted molar refractivity (Wildman–Crippen MR) is 93.2 cm³/mol. The maximum atomic E-state index is 12.5. The van der Waals surface area contributed by atoms with E-state index in [9.17, 15) is 24.3 Å². The molecule has 3 amide bonds. The largest absolute Gasteiger partial charge is 0.479 e. The zero-order valence-corrected chi connectivity index (χ0v) is 14.7. The molecule has 8 nitrogen and oxygen atoms in total. The van der Waals surface area contributed by atoms with Crippen LogP contribution in [0.4, 0.5) is 0 Å². The van der Waals surface area contributed by atoms with Gasteiger partial charge in [-0.15, -0.1) is 0 Å². The summed E-state index contributed by atoms with van der Waals surface area (Å²) < 4.78 is 0. The Morgan fingerprint density at radius 3 is 2.50 bits per heavy atom. The van der Waals surface area contributed by atoms with Crippen LogP contribution in [0.2, 0.25) is 0 Å². The standard InChI is InChI=1S/C18H23N3O5/c1-12(22)19-9-10-20-15(23)6-7-16(24)21-11-8-13-4-2-3-5-14(13)17(21)18(25)26/h2-5,17H,6-11H2,1H3,(H,19,22)(H,20,23)(H,25,26). The number of fused-ring (bicyclic) bond motifs is 1. The van der Waals surface area contributed by atoms with Crippen LogP contribution in [0.1, 0.15) is 36.9 Å². The number of nitrogens with zero attached hydrogens (tertiary/aromatic N) is 1. The summed E-state index contributed by atoms with van der Waals surface area (Å²) in [5, 5.41) is 14.7. The van der Waals surface area contributed by atoms with Gasteiger partial charge in [-0.05, 0) is 17.5 Å². The summed E-state index contributed by atoms with van der Waals surface area (Å²) in [4.78, 5) is 48.0. The highest BCUT2D eigenvalue weighted by molar-refractivity contribution is 5.88. The first kappa shape index (κ1) is 19.4. The van der Waals surface area contributed by atoms with Crippen molar-refractivity contribution < 1.29 is 24.3 Å². The molecule has 1 aliphatic heterocycles. The van der Waals surface area contributed by atoms with E-state index < -0.39 is 12.0 Å². The highest BCUT2D eigenvalue weighted by atomic mass is 16.4. The van der Waals surface area contributed by atoms with Crippen LogP contribution in [0.5, 0.6) is 0 Å². The maximum absolute atomic E-state index is 12.5. The second-order valence-corrected chi connectivity index (χ2v) is 6.11. The third-order valence-corrected chi connectivity index (χ3v) is 4.22. The Bertz CT molecular complexity index is 704. The van der Waals surface area contributed by atoms with Crippen LogP contribution in [0.25, 0.3) is 0 Å². The number of carboxylic acid groups (broad SMARTS) is 1. The Morgan fingerprint density at radius 1 is 1.12 bits per heavy atom. The first-order chi connectivity index (χ1) is 12.4. The average molecular weight is 361 g/mol. The first-order valence-electron chi connectivity index (χ1n) is 8.51. The number of carboxylic acids is 1. The highest BCUT2D eigenvalue weighted by Gasteiger charge is 2.35. The maximum Gasteiger partial charge on any atom is 0.331 e. The molecule has 1 atom stereocenters. The van der Waals surface area contributed by atoms with Gasteiger partial charge in [0, 0.05) is 39.4 Å². The minimum atomic E-state index is -1.08. The van der Waals surface area contributed by atoms with E-state index >= 15 is 0 Å². The quantitative estimate of drug-likeness (QED) is 0.601. The smallest absolute Gasteiger partial charge is 0.331 e. The molecule has 0 fully saturated rings. The molecule has 8 heteroatoms. The number of amides is 3. The topological polar surface area (TPSA) is 116 Å². The Kier molecular flexibility index (Phi) is 6.71. The number of hydrogen-bond donors (Lipinski definition) is 3. The number of nitrogens with one attached hydrogen (secondary N) is 2. The predicted octanol–water partition coefficient (Wildman–Crippen LogP) is 0.230. The molecular weight excluding hydrogens is 338 g/mol. The van der Waals surface area contributed by atoms with Gasteiger partial charge in [0.1, 0.15) is 0 Å². The molecule has 1 aromatic carbocycles. The summed E-state index contributed by atoms with van der Waals surface area (Å²) in [6.45, 7) is 2.30. The van der Waals surface area contributed by atoms with Crippen molar-refractivity contribution in [3.8, 4) is 0 Å². The number of benzene rings is 1. The van der Waals surface area contributed by atoms with Crippen molar-refractivity contribution in [3.05, 3.63) is 35.4 Å². The summed E-state index contributed by atoms with van der Waals surface area (Å²) in [7, 11) is 0. The van der Waals surface area contributed by atoms with Gasteiger partial charge in [-0.25, -0.2) is 4.79 Å². The van der Waals surface area contributed by atoms with E-state index in [2.05, 4.69) is 10.6 Å². The SMILES string of the molecule is CC(=O)NCCNC(=O)CCC(=O)N1CCc2ccccc2C1C(=O)O. The lowest BCUT2D eigenvalue weighted by Crippen LogP contribution is -2.44. The fourth-order valence-corrected chi connectivity index (χ4v) is 2.99. The molecule has 2 rings (SSSR count). The molecule has 1 unspecified atom stereocenters. The van der Waals surface area contributed by atoms with Gasteiger partial charge in [-0.3, -0.25) is 14.4 Å². The minimum Gasteiger partial charge on any atom is -0.479 e. The van der Waals surface area contributed by atoms with Gasteiger partial charge in [0.15, 0.2) is 6.04 Å². The number of rotatable bonds is 7. The molecule has 0 aliphatic carbocycles. The van der Waals surface area contributed by atoms with E-state index in [0.717, 1.165) is 5.56 Å². The summed E-state index contributed by atoms with van der Waals surface area (Å²) in [5.74, 6) is -1.93. The Hall–Kier alpha value is -2.90. The summed E-state index contributed by atoms with van der Waals surface area (Å²) >= 11 is 0. The van der Waals surface area contributed by atoms with Crippen LogP contribution in [0.15, 0.2) is 24.3 Å². The molecule has 3 N–H and O–H groups in total. The molecule has 1 heterocycles. The van der Waals surface area contributed by atoms with Crippen LogP contribution in [-0.2, 0) is 25.6 Å². The van der Waals surface area contributed by atoms with Crippen LogP contribution in [-0.4, -0.2) is 53.3 Å². The second kappa shape index (κ2) is 8.98. The number of carbonyl (C=O) groups is 4. The molecule has 26 heavy (non-hydrogen) atoms. The Labute approximate surface area is 151 Å². The third-order valence-electron chi connectivity index (χ3n) is 4.22. The van der Waals surface area contributed by atoms with Gasteiger partial charge in [-0.2, -0.15) is 0 Å². The van der Waals surface area contributed by atoms with E-state index in [1.807, 2.05) is 12.1 Å². The lowest BCUT2D eigenvalue weighted by molar-refractivity contribution is -0.151. The van der Waals surface area contributed by atoms with Gasteiger partial charge in [0.05, 0.1) is 0 Å². The molecule has 1 aliphatic rings. The van der Waals surface area contributed by atoms with E-state index in [4.69, 9.17) is 0 Å².